The van der Waals surface area contributed by atoms with Crippen LogP contribution >= 0.6 is 0 Å². The molecule has 36 heavy (non-hydrogen) atoms. The van der Waals surface area contributed by atoms with Crippen molar-refractivity contribution in [2.75, 3.05) is 20.3 Å². The second-order valence-electron chi connectivity index (χ2n) is 9.14. The van der Waals surface area contributed by atoms with Gasteiger partial charge in [-0.2, -0.15) is 0 Å². The number of rotatable bonds is 7. The highest BCUT2D eigenvalue weighted by Crippen LogP contribution is 2.39. The van der Waals surface area contributed by atoms with Crippen molar-refractivity contribution in [1.29, 1.82) is 0 Å². The fourth-order valence-electron chi connectivity index (χ4n) is 5.03. The summed E-state index contributed by atoms with van der Waals surface area (Å²) in [5, 5.41) is 0.502. The average Bonchev–Trinajstić information content (AvgIpc) is 3.16. The number of amides is 1. The predicted octanol–water partition coefficient (Wildman–Crippen LogP) is 5.61. The van der Waals surface area contributed by atoms with Crippen molar-refractivity contribution < 1.29 is 18.7 Å². The summed E-state index contributed by atoms with van der Waals surface area (Å²) in [5.41, 5.74) is 4.39. The lowest BCUT2D eigenvalue weighted by Crippen LogP contribution is -2.31. The molecule has 0 bridgehead atoms. The number of hydrogen-bond acceptors (Lipinski definition) is 5. The normalized spacial score (nSPS) is 14.8. The zero-order valence-corrected chi connectivity index (χ0v) is 21.0. The van der Waals surface area contributed by atoms with Gasteiger partial charge in [-0.15, -0.1) is 0 Å². The summed E-state index contributed by atoms with van der Waals surface area (Å²) in [4.78, 5) is 29.3. The van der Waals surface area contributed by atoms with Gasteiger partial charge in [0.15, 0.2) is 5.43 Å². The van der Waals surface area contributed by atoms with Crippen molar-refractivity contribution in [3.05, 3.63) is 104 Å². The molecule has 1 aliphatic rings. The van der Waals surface area contributed by atoms with E-state index in [9.17, 15) is 9.59 Å². The highest BCUT2D eigenvalue weighted by Gasteiger charge is 2.42. The number of methoxy groups -OCH3 is 1. The molecule has 5 rings (SSSR count). The van der Waals surface area contributed by atoms with E-state index in [2.05, 4.69) is 0 Å². The van der Waals surface area contributed by atoms with Gasteiger partial charge >= 0.3 is 0 Å². The van der Waals surface area contributed by atoms with Crippen LogP contribution in [0.5, 0.6) is 11.5 Å². The number of ether oxygens (including phenoxy) is 2. The first-order valence-electron chi connectivity index (χ1n) is 12.2. The number of carbonyl (C=O) groups is 1. The molecule has 3 aromatic carbocycles. The molecular formula is C30H29NO5. The topological polar surface area (TPSA) is 69.0 Å². The summed E-state index contributed by atoms with van der Waals surface area (Å²) in [7, 11) is 1.63. The smallest absolute Gasteiger partial charge is 0.290 e. The molecule has 1 aromatic heterocycles. The summed E-state index contributed by atoms with van der Waals surface area (Å²) >= 11 is 0. The second kappa shape index (κ2) is 9.53. The number of carbonyl (C=O) groups excluding carboxylic acids is 1. The van der Waals surface area contributed by atoms with Crippen molar-refractivity contribution in [3.8, 4) is 11.5 Å². The van der Waals surface area contributed by atoms with E-state index < -0.39 is 6.04 Å². The van der Waals surface area contributed by atoms with Crippen molar-refractivity contribution in [1.82, 2.24) is 4.90 Å². The van der Waals surface area contributed by atoms with Crippen molar-refractivity contribution >= 4 is 16.9 Å². The van der Waals surface area contributed by atoms with E-state index in [1.54, 1.807) is 12.0 Å². The Kier molecular flexibility index (Phi) is 6.27. The Balaban J connectivity index is 1.63. The third kappa shape index (κ3) is 4.13. The Morgan fingerprint density at radius 3 is 2.47 bits per heavy atom. The van der Waals surface area contributed by atoms with E-state index in [1.807, 2.05) is 81.4 Å². The van der Waals surface area contributed by atoms with E-state index in [0.29, 0.717) is 41.9 Å². The van der Waals surface area contributed by atoms with Crippen LogP contribution in [0.25, 0.3) is 11.0 Å². The quantitative estimate of drug-likeness (QED) is 0.342. The number of benzene rings is 3. The van der Waals surface area contributed by atoms with Crippen LogP contribution in [0.2, 0.25) is 0 Å². The lowest BCUT2D eigenvalue weighted by atomic mass is 9.97. The van der Waals surface area contributed by atoms with Crippen LogP contribution in [-0.4, -0.2) is 31.1 Å². The molecule has 0 N–H and O–H groups in total. The summed E-state index contributed by atoms with van der Waals surface area (Å²) in [6.07, 6.45) is 0.622. The van der Waals surface area contributed by atoms with Gasteiger partial charge in [0.05, 0.1) is 30.7 Å². The first-order chi connectivity index (χ1) is 17.4. The van der Waals surface area contributed by atoms with E-state index in [4.69, 9.17) is 13.9 Å². The lowest BCUT2D eigenvalue weighted by molar-refractivity contribution is 0.0729. The van der Waals surface area contributed by atoms with Gasteiger partial charge in [-0.3, -0.25) is 9.59 Å². The molecule has 2 heterocycles. The molecule has 4 aromatic rings. The Hall–Kier alpha value is -4.06. The van der Waals surface area contributed by atoms with Gasteiger partial charge in [0, 0.05) is 6.54 Å². The van der Waals surface area contributed by atoms with Crippen molar-refractivity contribution in [2.24, 2.45) is 0 Å². The molecule has 0 aliphatic carbocycles. The molecule has 1 amide bonds. The number of hydrogen-bond donors (Lipinski definition) is 0. The molecule has 1 atom stereocenters. The number of aryl methyl sites for hydroxylation is 2. The van der Waals surface area contributed by atoms with E-state index in [0.717, 1.165) is 28.0 Å². The molecular weight excluding hydrogens is 454 g/mol. The van der Waals surface area contributed by atoms with Crippen LogP contribution in [0, 0.1) is 13.8 Å². The summed E-state index contributed by atoms with van der Waals surface area (Å²) in [6, 6.07) is 18.6. The monoisotopic (exact) mass is 483 g/mol. The zero-order chi connectivity index (χ0) is 25.4. The SMILES string of the molecule is CCOc1cccc([C@@H]2c3c(oc4c(C)cc(C)cc4c3=O)C(=O)N2CCc2ccc(OC)cc2)c1. The Labute approximate surface area is 210 Å². The molecule has 1 aliphatic heterocycles. The fraction of sp³-hybridized carbons (Fsp3) is 0.267. The Morgan fingerprint density at radius 2 is 1.75 bits per heavy atom. The third-order valence-corrected chi connectivity index (χ3v) is 6.68. The second-order valence-corrected chi connectivity index (χ2v) is 9.14. The number of nitrogens with zero attached hydrogens (tertiary/aromatic N) is 1. The zero-order valence-electron chi connectivity index (χ0n) is 21.0. The van der Waals surface area contributed by atoms with Gasteiger partial charge in [-0.1, -0.05) is 30.3 Å². The standard InChI is InChI=1S/C30H29NO5/c1-5-35-23-8-6-7-21(17-23)26-25-27(32)24-16-18(2)15-19(3)28(24)36-29(25)30(33)31(26)14-13-20-9-11-22(34-4)12-10-20/h6-12,15-17,26H,5,13-14H2,1-4H3/t26-/m1/s1. The molecule has 0 unspecified atom stereocenters. The van der Waals surface area contributed by atoms with E-state index in [1.165, 1.54) is 0 Å². The van der Waals surface area contributed by atoms with Crippen LogP contribution in [0.1, 0.15) is 51.3 Å². The maximum absolute atomic E-state index is 13.9. The summed E-state index contributed by atoms with van der Waals surface area (Å²) in [6.45, 7) is 6.72. The van der Waals surface area contributed by atoms with Crippen LogP contribution < -0.4 is 14.9 Å². The minimum absolute atomic E-state index is 0.126. The summed E-state index contributed by atoms with van der Waals surface area (Å²) < 4.78 is 17.2. The highest BCUT2D eigenvalue weighted by atomic mass is 16.5. The Morgan fingerprint density at radius 1 is 0.972 bits per heavy atom. The van der Waals surface area contributed by atoms with Gasteiger partial charge in [0.1, 0.15) is 17.1 Å². The van der Waals surface area contributed by atoms with Crippen LogP contribution in [0.3, 0.4) is 0 Å². The predicted molar refractivity (Wildman–Crippen MR) is 139 cm³/mol. The Bertz CT molecular complexity index is 1500. The van der Waals surface area contributed by atoms with Crippen molar-refractivity contribution in [3.63, 3.8) is 0 Å². The van der Waals surface area contributed by atoms with Crippen LogP contribution in [-0.2, 0) is 6.42 Å². The lowest BCUT2D eigenvalue weighted by Gasteiger charge is -2.25. The minimum Gasteiger partial charge on any atom is -0.497 e. The minimum atomic E-state index is -0.562. The molecule has 0 fully saturated rings. The van der Waals surface area contributed by atoms with Gasteiger partial charge in [-0.05, 0) is 79.8 Å². The molecule has 6 nitrogen and oxygen atoms in total. The van der Waals surface area contributed by atoms with Gasteiger partial charge in [-0.25, -0.2) is 0 Å². The first-order valence-corrected chi connectivity index (χ1v) is 12.2. The van der Waals surface area contributed by atoms with Crippen molar-refractivity contribution in [2.45, 2.75) is 33.2 Å². The maximum Gasteiger partial charge on any atom is 0.290 e. The van der Waals surface area contributed by atoms with Gasteiger partial charge in [0.25, 0.3) is 5.91 Å². The van der Waals surface area contributed by atoms with Crippen LogP contribution in [0.4, 0.5) is 0 Å². The van der Waals surface area contributed by atoms with E-state index >= 15 is 0 Å². The average molecular weight is 484 g/mol. The van der Waals surface area contributed by atoms with Gasteiger partial charge < -0.3 is 18.8 Å². The largest absolute Gasteiger partial charge is 0.497 e. The molecule has 6 heteroatoms. The first kappa shape index (κ1) is 23.7. The maximum atomic E-state index is 13.9. The summed E-state index contributed by atoms with van der Waals surface area (Å²) in [5.74, 6) is 1.33. The molecule has 0 radical (unpaired) electrons. The molecule has 184 valence electrons. The fourth-order valence-corrected chi connectivity index (χ4v) is 5.03. The van der Waals surface area contributed by atoms with Crippen LogP contribution in [0.15, 0.2) is 69.9 Å². The highest BCUT2D eigenvalue weighted by molar-refractivity contribution is 5.99. The molecule has 0 spiro atoms. The van der Waals surface area contributed by atoms with E-state index in [-0.39, 0.29) is 17.1 Å². The van der Waals surface area contributed by atoms with Gasteiger partial charge in [0.2, 0.25) is 5.76 Å². The molecule has 0 saturated heterocycles. The number of fused-ring (bicyclic) bond motifs is 2. The third-order valence-electron chi connectivity index (χ3n) is 6.68. The molecule has 0 saturated carbocycles.